The molecule has 196 valence electrons. The summed E-state index contributed by atoms with van der Waals surface area (Å²) in [5.74, 6) is 0.271. The highest BCUT2D eigenvalue weighted by Gasteiger charge is 2.58. The number of hydrogen-bond donors (Lipinski definition) is 2. The van der Waals surface area contributed by atoms with Gasteiger partial charge in [-0.3, -0.25) is 0 Å². The molecule has 1 heterocycles. The van der Waals surface area contributed by atoms with Gasteiger partial charge in [-0.2, -0.15) is 0 Å². The van der Waals surface area contributed by atoms with Gasteiger partial charge in [0.15, 0.2) is 4.75 Å². The molecular weight excluding hydrogens is 495 g/mol. The van der Waals surface area contributed by atoms with Gasteiger partial charge in [0, 0.05) is 12.2 Å². The number of sulfonamides is 1. The van der Waals surface area contributed by atoms with Crippen molar-refractivity contribution in [2.24, 2.45) is 4.40 Å². The van der Waals surface area contributed by atoms with Gasteiger partial charge in [0.1, 0.15) is 17.2 Å². The molecule has 1 aliphatic heterocycles. The van der Waals surface area contributed by atoms with E-state index in [4.69, 9.17) is 9.47 Å². The van der Waals surface area contributed by atoms with Crippen molar-refractivity contribution in [1.82, 2.24) is 5.32 Å². The molecule has 37 heavy (non-hydrogen) atoms. The van der Waals surface area contributed by atoms with E-state index in [1.54, 1.807) is 58.2 Å². The fourth-order valence-corrected chi connectivity index (χ4v) is 6.11. The lowest BCUT2D eigenvalue weighted by molar-refractivity contribution is 0.0393. The Morgan fingerprint density at radius 2 is 1.59 bits per heavy atom. The van der Waals surface area contributed by atoms with Crippen molar-refractivity contribution in [2.75, 3.05) is 13.7 Å². The minimum atomic E-state index is -4.14. The highest BCUT2D eigenvalue weighted by molar-refractivity contribution is 7.91. The number of rotatable bonds is 7. The third-order valence-electron chi connectivity index (χ3n) is 7.07. The minimum Gasteiger partial charge on any atom is -0.497 e. The summed E-state index contributed by atoms with van der Waals surface area (Å²) in [6.45, 7) is 4.71. The third kappa shape index (κ3) is 4.93. The highest BCUT2D eigenvalue weighted by Crippen LogP contribution is 2.46. The van der Waals surface area contributed by atoms with Gasteiger partial charge in [-0.15, -0.1) is 4.40 Å². The fourth-order valence-electron chi connectivity index (χ4n) is 4.53. The topological polar surface area (TPSA) is 97.2 Å². The normalized spacial score (nSPS) is 20.9. The number of nitrogens with one attached hydrogen (secondary N) is 1. The van der Waals surface area contributed by atoms with Crippen molar-refractivity contribution in [2.45, 2.75) is 43.6 Å². The Bertz CT molecular complexity index is 1390. The van der Waals surface area contributed by atoms with Crippen LogP contribution in [0.15, 0.2) is 77.2 Å². The van der Waals surface area contributed by atoms with Gasteiger partial charge in [0.25, 0.3) is 10.0 Å². The Balaban J connectivity index is 1.66. The molecule has 4 rings (SSSR count). The molecule has 0 aromatic heterocycles. The van der Waals surface area contributed by atoms with Crippen LogP contribution in [0.25, 0.3) is 11.1 Å². The van der Waals surface area contributed by atoms with Crippen LogP contribution in [0.1, 0.15) is 44.4 Å². The average molecular weight is 527 g/mol. The van der Waals surface area contributed by atoms with Crippen LogP contribution in [0, 0.1) is 5.82 Å². The predicted molar refractivity (Wildman–Crippen MR) is 141 cm³/mol. The standard InChI is InChI=1S/C28H31FN2O5S/c1-27(2)28(3,21-13-9-19(10-14-21)20-11-15-22(35-4)16-12-20)37(33,34)31-26(36-27)30-25(17-18-32)23-7-5-6-8-24(23)29/h5-16,25,32H,17-18H2,1-4H3,(H,30,31)/t25-,28?/m0/s1. The van der Waals surface area contributed by atoms with Gasteiger partial charge in [0.2, 0.25) is 0 Å². The minimum absolute atomic E-state index is 0.133. The van der Waals surface area contributed by atoms with Crippen molar-refractivity contribution in [3.63, 3.8) is 0 Å². The van der Waals surface area contributed by atoms with Crippen LogP contribution in [-0.2, 0) is 19.5 Å². The summed E-state index contributed by atoms with van der Waals surface area (Å²) in [5.41, 5.74) is 1.45. The zero-order chi connectivity index (χ0) is 26.8. The first-order valence-electron chi connectivity index (χ1n) is 11.9. The maximum absolute atomic E-state index is 14.4. The summed E-state index contributed by atoms with van der Waals surface area (Å²) >= 11 is 0. The molecule has 1 unspecified atom stereocenters. The molecule has 0 saturated heterocycles. The van der Waals surface area contributed by atoms with Gasteiger partial charge in [0.05, 0.1) is 13.2 Å². The van der Waals surface area contributed by atoms with Crippen LogP contribution in [0.2, 0.25) is 0 Å². The number of ether oxygens (including phenoxy) is 2. The number of nitrogens with zero attached hydrogens (tertiary/aromatic N) is 1. The zero-order valence-corrected chi connectivity index (χ0v) is 22.0. The molecule has 9 heteroatoms. The molecule has 0 aliphatic carbocycles. The summed E-state index contributed by atoms with van der Waals surface area (Å²) in [7, 11) is -2.54. The van der Waals surface area contributed by atoms with Crippen LogP contribution >= 0.6 is 0 Å². The SMILES string of the molecule is COc1ccc(-c2ccc(C3(C)C(C)(C)OC(N[C@@H](CCO)c4ccccc4F)=NS3(=O)=O)cc2)cc1. The van der Waals surface area contributed by atoms with Gasteiger partial charge in [-0.05, 0) is 62.1 Å². The van der Waals surface area contributed by atoms with E-state index in [0.29, 0.717) is 5.56 Å². The summed E-state index contributed by atoms with van der Waals surface area (Å²) in [6, 6.07) is 20.0. The van der Waals surface area contributed by atoms with E-state index < -0.39 is 32.2 Å². The molecule has 0 fully saturated rings. The predicted octanol–water partition coefficient (Wildman–Crippen LogP) is 4.92. The first-order chi connectivity index (χ1) is 17.5. The van der Waals surface area contributed by atoms with E-state index in [0.717, 1.165) is 16.9 Å². The summed E-state index contributed by atoms with van der Waals surface area (Å²) < 4.78 is 55.5. The summed E-state index contributed by atoms with van der Waals surface area (Å²) in [6.07, 6.45) is 0.133. The smallest absolute Gasteiger partial charge is 0.301 e. The van der Waals surface area contributed by atoms with Crippen molar-refractivity contribution >= 4 is 16.0 Å². The molecule has 3 aromatic rings. The Labute approximate surface area is 217 Å². The maximum Gasteiger partial charge on any atom is 0.301 e. The number of methoxy groups -OCH3 is 1. The Morgan fingerprint density at radius 1 is 1.00 bits per heavy atom. The number of hydrogen-bond acceptors (Lipinski definition) is 6. The quantitative estimate of drug-likeness (QED) is 0.453. The monoisotopic (exact) mass is 526 g/mol. The van der Waals surface area contributed by atoms with Crippen molar-refractivity contribution in [3.05, 3.63) is 89.7 Å². The first kappa shape index (κ1) is 26.6. The number of benzene rings is 3. The highest BCUT2D eigenvalue weighted by atomic mass is 32.2. The average Bonchev–Trinajstić information content (AvgIpc) is 2.87. The van der Waals surface area contributed by atoms with E-state index in [9.17, 15) is 17.9 Å². The largest absolute Gasteiger partial charge is 0.497 e. The van der Waals surface area contributed by atoms with Gasteiger partial charge in [-0.1, -0.05) is 54.6 Å². The number of halogens is 1. The summed E-state index contributed by atoms with van der Waals surface area (Å²) in [5, 5.41) is 12.4. The number of aliphatic hydroxyl groups is 1. The Hall–Kier alpha value is -3.43. The molecule has 1 aliphatic rings. The Kier molecular flexibility index (Phi) is 7.30. The molecule has 3 aromatic carbocycles. The molecule has 0 bridgehead atoms. The van der Waals surface area contributed by atoms with Crippen LogP contribution in [0.3, 0.4) is 0 Å². The van der Waals surface area contributed by atoms with Crippen molar-refractivity contribution in [1.29, 1.82) is 0 Å². The van der Waals surface area contributed by atoms with Crippen LogP contribution in [0.4, 0.5) is 4.39 Å². The second-order valence-electron chi connectivity index (χ2n) is 9.55. The zero-order valence-electron chi connectivity index (χ0n) is 21.2. The molecule has 2 N–H and O–H groups in total. The van der Waals surface area contributed by atoms with Crippen LogP contribution < -0.4 is 10.1 Å². The third-order valence-corrected chi connectivity index (χ3v) is 9.24. The van der Waals surface area contributed by atoms with Crippen LogP contribution in [0.5, 0.6) is 5.75 Å². The van der Waals surface area contributed by atoms with E-state index in [1.807, 2.05) is 36.4 Å². The lowest BCUT2D eigenvalue weighted by Gasteiger charge is -2.45. The maximum atomic E-state index is 14.4. The molecule has 0 radical (unpaired) electrons. The molecule has 0 saturated carbocycles. The lowest BCUT2D eigenvalue weighted by atomic mass is 9.84. The first-order valence-corrected chi connectivity index (χ1v) is 13.4. The van der Waals surface area contributed by atoms with Gasteiger partial charge < -0.3 is 19.9 Å². The second kappa shape index (κ2) is 10.1. The number of amidine groups is 1. The van der Waals surface area contributed by atoms with Crippen molar-refractivity contribution < 1.29 is 27.4 Å². The van der Waals surface area contributed by atoms with Gasteiger partial charge in [-0.25, -0.2) is 12.8 Å². The van der Waals surface area contributed by atoms with E-state index in [1.165, 1.54) is 6.07 Å². The van der Waals surface area contributed by atoms with Crippen molar-refractivity contribution in [3.8, 4) is 16.9 Å². The fraction of sp³-hybridized carbons (Fsp3) is 0.321. The van der Waals surface area contributed by atoms with Crippen LogP contribution in [-0.4, -0.2) is 38.9 Å². The van der Waals surface area contributed by atoms with Gasteiger partial charge >= 0.3 is 6.02 Å². The number of aliphatic hydroxyl groups excluding tert-OH is 1. The second-order valence-corrected chi connectivity index (χ2v) is 11.5. The molecular formula is C28H31FN2O5S. The summed E-state index contributed by atoms with van der Waals surface area (Å²) in [4.78, 5) is 0. The lowest BCUT2D eigenvalue weighted by Crippen LogP contribution is -2.58. The molecule has 7 nitrogen and oxygen atoms in total. The van der Waals surface area contributed by atoms with E-state index in [2.05, 4.69) is 9.71 Å². The molecule has 0 spiro atoms. The van der Waals surface area contributed by atoms with E-state index in [-0.39, 0.29) is 24.6 Å². The molecule has 2 atom stereocenters. The molecule has 0 amide bonds. The van der Waals surface area contributed by atoms with E-state index >= 15 is 0 Å². The Morgan fingerprint density at radius 3 is 2.14 bits per heavy atom.